The molecule has 2 aliphatic rings. The number of ether oxygens (including phenoxy) is 2. The van der Waals surface area contributed by atoms with E-state index in [4.69, 9.17) is 20.2 Å². The summed E-state index contributed by atoms with van der Waals surface area (Å²) in [5.74, 6) is 0.615. The number of rotatable bonds is 2. The fraction of sp³-hybridized carbons (Fsp3) is 0.500. The van der Waals surface area contributed by atoms with Crippen LogP contribution < -0.4 is 9.47 Å². The molecule has 0 bridgehead atoms. The van der Waals surface area contributed by atoms with Gasteiger partial charge in [0.05, 0.1) is 13.7 Å². The Labute approximate surface area is 110 Å². The highest BCUT2D eigenvalue weighted by Crippen LogP contribution is 2.55. The lowest BCUT2D eigenvalue weighted by molar-refractivity contribution is 0.176. The molecule has 1 aromatic carbocycles. The molecule has 0 saturated heterocycles. The predicted octanol–water partition coefficient (Wildman–Crippen LogP) is 2.44. The first-order chi connectivity index (χ1) is 8.48. The second-order valence-corrected chi connectivity index (χ2v) is 7.34. The molecule has 1 heterocycles. The van der Waals surface area contributed by atoms with E-state index in [9.17, 15) is 8.42 Å². The van der Waals surface area contributed by atoms with Crippen LogP contribution in [-0.4, -0.2) is 22.1 Å². The van der Waals surface area contributed by atoms with E-state index >= 15 is 0 Å². The van der Waals surface area contributed by atoms with Gasteiger partial charge in [0.15, 0.2) is 4.90 Å². The monoisotopic (exact) mass is 288 g/mol. The minimum absolute atomic E-state index is 0.00205. The fourth-order valence-corrected chi connectivity index (χ4v) is 4.02. The van der Waals surface area contributed by atoms with Crippen LogP contribution in [0.2, 0.25) is 0 Å². The molecule has 1 aliphatic carbocycles. The lowest BCUT2D eigenvalue weighted by Gasteiger charge is -2.36. The quantitative estimate of drug-likeness (QED) is 0.784. The Hall–Kier alpha value is -0.940. The van der Waals surface area contributed by atoms with Crippen molar-refractivity contribution in [1.82, 2.24) is 0 Å². The Morgan fingerprint density at radius 2 is 2.11 bits per heavy atom. The lowest BCUT2D eigenvalue weighted by Crippen LogP contribution is -2.35. The average molecular weight is 289 g/mol. The van der Waals surface area contributed by atoms with Crippen molar-refractivity contribution in [3.63, 3.8) is 0 Å². The molecule has 6 heteroatoms. The van der Waals surface area contributed by atoms with Crippen molar-refractivity contribution in [1.29, 1.82) is 0 Å². The van der Waals surface area contributed by atoms with Crippen molar-refractivity contribution in [2.75, 3.05) is 13.7 Å². The molecule has 0 aromatic heterocycles. The average Bonchev–Trinajstić information content (AvgIpc) is 2.64. The zero-order valence-corrected chi connectivity index (χ0v) is 11.5. The summed E-state index contributed by atoms with van der Waals surface area (Å²) in [6, 6.07) is 3.55. The van der Waals surface area contributed by atoms with Crippen LogP contribution in [0.15, 0.2) is 17.0 Å². The number of fused-ring (bicyclic) bond motifs is 2. The maximum atomic E-state index is 11.7. The maximum absolute atomic E-state index is 11.7. The summed E-state index contributed by atoms with van der Waals surface area (Å²) in [7, 11) is 3.03. The van der Waals surface area contributed by atoms with Gasteiger partial charge in [-0.25, -0.2) is 8.42 Å². The van der Waals surface area contributed by atoms with E-state index in [1.54, 1.807) is 6.07 Å². The molecule has 4 nitrogen and oxygen atoms in total. The molecule has 18 heavy (non-hydrogen) atoms. The molecule has 1 aliphatic heterocycles. The number of benzene rings is 1. The molecule has 1 saturated carbocycles. The standard InChI is InChI=1S/C12H13ClO4S/c1-16-9-4-3-8-10(11(9)18(13,14)15)17-7-12(8)5-2-6-12/h3-4H,2,5-7H2,1H3. The largest absolute Gasteiger partial charge is 0.495 e. The molecule has 1 spiro atoms. The van der Waals surface area contributed by atoms with Gasteiger partial charge in [0.1, 0.15) is 11.5 Å². The SMILES string of the molecule is COc1ccc2c(c1S(=O)(=O)Cl)OCC21CCC1. The van der Waals surface area contributed by atoms with E-state index in [1.165, 1.54) is 7.11 Å². The van der Waals surface area contributed by atoms with Crippen molar-refractivity contribution in [2.45, 2.75) is 29.6 Å². The van der Waals surface area contributed by atoms with Crippen molar-refractivity contribution in [2.24, 2.45) is 0 Å². The van der Waals surface area contributed by atoms with Crippen LogP contribution in [0, 0.1) is 0 Å². The van der Waals surface area contributed by atoms with Crippen LogP contribution in [0.25, 0.3) is 0 Å². The molecular formula is C12H13ClO4S. The fourth-order valence-electron chi connectivity index (χ4n) is 2.80. The summed E-state index contributed by atoms with van der Waals surface area (Å²) in [6.45, 7) is 0.537. The second kappa shape index (κ2) is 3.78. The molecule has 0 radical (unpaired) electrons. The molecule has 0 amide bonds. The summed E-state index contributed by atoms with van der Waals surface area (Å²) in [4.78, 5) is -0.0343. The van der Waals surface area contributed by atoms with Crippen molar-refractivity contribution < 1.29 is 17.9 Å². The first kappa shape index (κ1) is 12.1. The minimum atomic E-state index is -3.88. The van der Waals surface area contributed by atoms with Gasteiger partial charge in [-0.15, -0.1) is 0 Å². The normalized spacial score (nSPS) is 20.1. The molecule has 98 valence electrons. The van der Waals surface area contributed by atoms with E-state index in [1.807, 2.05) is 6.07 Å². The van der Waals surface area contributed by atoms with Crippen LogP contribution >= 0.6 is 10.7 Å². The minimum Gasteiger partial charge on any atom is -0.495 e. The van der Waals surface area contributed by atoms with Gasteiger partial charge in [0.2, 0.25) is 0 Å². The van der Waals surface area contributed by atoms with Crippen LogP contribution in [-0.2, 0) is 14.5 Å². The Morgan fingerprint density at radius 1 is 1.39 bits per heavy atom. The predicted molar refractivity (Wildman–Crippen MR) is 67.1 cm³/mol. The maximum Gasteiger partial charge on any atom is 0.268 e. The zero-order chi connectivity index (χ0) is 13.0. The van der Waals surface area contributed by atoms with E-state index < -0.39 is 9.05 Å². The number of hydrogen-bond acceptors (Lipinski definition) is 4. The number of hydrogen-bond donors (Lipinski definition) is 0. The molecular weight excluding hydrogens is 276 g/mol. The molecule has 1 aromatic rings. The van der Waals surface area contributed by atoms with Crippen LogP contribution in [0.3, 0.4) is 0 Å². The first-order valence-electron chi connectivity index (χ1n) is 5.77. The van der Waals surface area contributed by atoms with E-state index in [-0.39, 0.29) is 16.1 Å². The first-order valence-corrected chi connectivity index (χ1v) is 8.08. The number of methoxy groups -OCH3 is 1. The van der Waals surface area contributed by atoms with E-state index in [0.29, 0.717) is 12.4 Å². The van der Waals surface area contributed by atoms with Crippen LogP contribution in [0.1, 0.15) is 24.8 Å². The third kappa shape index (κ3) is 1.53. The van der Waals surface area contributed by atoms with E-state index in [2.05, 4.69) is 0 Å². The second-order valence-electron chi connectivity index (χ2n) is 4.83. The van der Waals surface area contributed by atoms with Crippen molar-refractivity contribution >= 4 is 19.7 Å². The van der Waals surface area contributed by atoms with Gasteiger partial charge >= 0.3 is 0 Å². The lowest BCUT2D eigenvalue weighted by atomic mass is 9.66. The molecule has 1 fully saturated rings. The van der Waals surface area contributed by atoms with Crippen molar-refractivity contribution in [3.05, 3.63) is 17.7 Å². The molecule has 0 atom stereocenters. The van der Waals surface area contributed by atoms with Gasteiger partial charge in [0, 0.05) is 21.7 Å². The van der Waals surface area contributed by atoms with E-state index in [0.717, 1.165) is 24.8 Å². The molecule has 3 rings (SSSR count). The summed E-state index contributed by atoms with van der Waals surface area (Å²) in [5, 5.41) is 0. The highest BCUT2D eigenvalue weighted by atomic mass is 35.7. The van der Waals surface area contributed by atoms with Gasteiger partial charge in [-0.05, 0) is 18.9 Å². The van der Waals surface area contributed by atoms with Gasteiger partial charge in [0.25, 0.3) is 9.05 Å². The van der Waals surface area contributed by atoms with Gasteiger partial charge in [-0.3, -0.25) is 0 Å². The topological polar surface area (TPSA) is 52.6 Å². The Balaban J connectivity index is 2.25. The Bertz CT molecular complexity index is 605. The molecule has 0 unspecified atom stereocenters. The third-order valence-electron chi connectivity index (χ3n) is 3.91. The van der Waals surface area contributed by atoms with Gasteiger partial charge in [-0.1, -0.05) is 12.5 Å². The highest BCUT2D eigenvalue weighted by molar-refractivity contribution is 8.14. The zero-order valence-electron chi connectivity index (χ0n) is 9.90. The Kier molecular flexibility index (Phi) is 2.54. The summed E-state index contributed by atoms with van der Waals surface area (Å²) in [6.07, 6.45) is 3.22. The van der Waals surface area contributed by atoms with Gasteiger partial charge < -0.3 is 9.47 Å². The van der Waals surface area contributed by atoms with Crippen LogP contribution in [0.5, 0.6) is 11.5 Å². The summed E-state index contributed by atoms with van der Waals surface area (Å²) < 4.78 is 34.1. The van der Waals surface area contributed by atoms with Gasteiger partial charge in [-0.2, -0.15) is 0 Å². The summed E-state index contributed by atoms with van der Waals surface area (Å²) >= 11 is 0. The van der Waals surface area contributed by atoms with Crippen molar-refractivity contribution in [3.8, 4) is 11.5 Å². The highest BCUT2D eigenvalue weighted by Gasteiger charge is 2.47. The summed E-state index contributed by atoms with van der Waals surface area (Å²) in [5.41, 5.74) is 0.951. The third-order valence-corrected chi connectivity index (χ3v) is 5.25. The molecule has 0 N–H and O–H groups in total. The smallest absolute Gasteiger partial charge is 0.268 e. The Morgan fingerprint density at radius 3 is 2.61 bits per heavy atom. The number of halogens is 1. The van der Waals surface area contributed by atoms with Crippen LogP contribution in [0.4, 0.5) is 0 Å².